The minimum absolute atomic E-state index is 0. The van der Waals surface area contributed by atoms with Crippen molar-refractivity contribution in [1.29, 1.82) is 0 Å². The number of amides is 1. The number of thioether (sulfide) groups is 2. The van der Waals surface area contributed by atoms with Crippen LogP contribution in [0, 0.1) is 20.8 Å². The van der Waals surface area contributed by atoms with E-state index < -0.39 is 9.84 Å². The van der Waals surface area contributed by atoms with E-state index in [9.17, 15) is 22.8 Å². The summed E-state index contributed by atoms with van der Waals surface area (Å²) in [6.07, 6.45) is 2.93. The van der Waals surface area contributed by atoms with Gasteiger partial charge in [-0.05, 0) is 115 Å². The third kappa shape index (κ3) is 19.1. The van der Waals surface area contributed by atoms with Crippen LogP contribution >= 0.6 is 105 Å². The third-order valence-electron chi connectivity index (χ3n) is 8.94. The van der Waals surface area contributed by atoms with E-state index in [2.05, 4.69) is 85.0 Å². The fraction of sp³-hybridized carbons (Fsp3) is 0.220. The van der Waals surface area contributed by atoms with Gasteiger partial charge < -0.3 is 11.1 Å². The molecule has 0 aliphatic heterocycles. The molecule has 76 heavy (non-hydrogen) atoms. The van der Waals surface area contributed by atoms with Crippen LogP contribution in [0.5, 0.6) is 0 Å². The lowest BCUT2D eigenvalue weighted by molar-refractivity contribution is 0.103. The maximum atomic E-state index is 12.7. The predicted molar refractivity (Wildman–Crippen MR) is 291 cm³/mol. The molecule has 0 spiro atoms. The highest BCUT2D eigenvalue weighted by molar-refractivity contribution is 9.11. The van der Waals surface area contributed by atoms with Crippen molar-refractivity contribution in [2.75, 3.05) is 28.3 Å². The van der Waals surface area contributed by atoms with Gasteiger partial charge in [0.15, 0.2) is 20.0 Å². The molecule has 0 saturated carbocycles. The number of nitrogen functional groups attached to an aromatic ring is 1. The van der Waals surface area contributed by atoms with Crippen LogP contribution < -0.4 is 22.2 Å². The Kier molecular flexibility index (Phi) is 36.0. The number of hydrogen-bond acceptors (Lipinski definition) is 16. The van der Waals surface area contributed by atoms with Crippen molar-refractivity contribution in [2.45, 2.75) is 54.6 Å². The van der Waals surface area contributed by atoms with Gasteiger partial charge in [-0.15, -0.1) is 22.7 Å². The number of fused-ring (bicyclic) bond motifs is 2. The van der Waals surface area contributed by atoms with Gasteiger partial charge in [0.05, 0.1) is 22.8 Å². The molecule has 0 atom stereocenters. The zero-order valence-electron chi connectivity index (χ0n) is 39.4. The maximum Gasteiger partial charge on any atom is 0.277 e. The minimum atomic E-state index is -3.46. The quantitative estimate of drug-likeness (QED) is 0.0970. The molecule has 3 aromatic carbocycles. The first-order chi connectivity index (χ1) is 35.5. The van der Waals surface area contributed by atoms with Crippen LogP contribution in [-0.2, 0) is 9.84 Å². The van der Waals surface area contributed by atoms with Gasteiger partial charge in [0.1, 0.15) is 32.7 Å². The fourth-order valence-corrected chi connectivity index (χ4v) is 13.7. The first kappa shape index (κ1) is 73.4. The van der Waals surface area contributed by atoms with E-state index in [1.54, 1.807) is 34.4 Å². The SMILES string of the molecule is CCS(=O)(=O)c1nc2ncn(-c3c(C)cccc3Br)c(=O)c2s1.CCSc1nc(N)c(C(=O)Nc2c(C)cccc2Br)s1.CCSc1nc2ncn(-c3c(C)cccc3Br)c(=O)c2s1.F.F.FF.FF.FF.FF.FF. The first-order valence-corrected chi connectivity index (χ1v) is 28.2. The van der Waals surface area contributed by atoms with E-state index in [-0.39, 0.29) is 52.7 Å². The summed E-state index contributed by atoms with van der Waals surface area (Å²) in [5, 5.41) is 2.89. The Morgan fingerprint density at radius 2 is 1.04 bits per heavy atom. The maximum absolute atomic E-state index is 12.7. The summed E-state index contributed by atoms with van der Waals surface area (Å²) >= 11 is 17.2. The molecule has 14 nitrogen and oxygen atoms in total. The number of nitrogens with zero attached hydrogens (tertiary/aromatic N) is 7. The number of carbonyl (C=O) groups excluding carboxylic acids is 1. The molecule has 8 aromatic rings. The second kappa shape index (κ2) is 37.2. The summed E-state index contributed by atoms with van der Waals surface area (Å²) in [6.45, 7) is 11.4. The van der Waals surface area contributed by atoms with Gasteiger partial charge in [-0.1, -0.05) is 92.0 Å². The van der Waals surface area contributed by atoms with Gasteiger partial charge in [-0.25, -0.2) is 33.3 Å². The molecule has 0 fully saturated rings. The molecule has 5 heterocycles. The number of aromatic nitrogens is 7. The Labute approximate surface area is 469 Å². The zero-order chi connectivity index (χ0) is 56.5. The monoisotopic (exact) mass is 1390 g/mol. The van der Waals surface area contributed by atoms with E-state index in [0.29, 0.717) is 20.9 Å². The second-order valence-corrected chi connectivity index (χ2v) is 24.3. The Bertz CT molecular complexity index is 3250. The number of halogens is 15. The largest absolute Gasteiger partial charge is 0.382 e. The van der Waals surface area contributed by atoms with E-state index in [0.717, 1.165) is 73.0 Å². The fourth-order valence-electron chi connectivity index (χ4n) is 5.82. The summed E-state index contributed by atoms with van der Waals surface area (Å²) in [6, 6.07) is 17.2. The van der Waals surface area contributed by atoms with Crippen molar-refractivity contribution in [3.8, 4) is 11.4 Å². The average molecular weight is 1400 g/mol. The third-order valence-corrected chi connectivity index (χ3v) is 18.3. The van der Waals surface area contributed by atoms with Crippen LogP contribution in [0.3, 0.4) is 0 Å². The minimum Gasteiger partial charge on any atom is -0.382 e. The molecule has 35 heteroatoms. The predicted octanol–water partition coefficient (Wildman–Crippen LogP) is 15.4. The molecule has 3 N–H and O–H groups in total. The molecule has 1 amide bonds. The number of anilines is 2. The number of benzene rings is 3. The van der Waals surface area contributed by atoms with E-state index in [1.165, 1.54) is 40.5 Å². The Morgan fingerprint density at radius 1 is 0.632 bits per heavy atom. The van der Waals surface area contributed by atoms with Crippen molar-refractivity contribution >= 4 is 153 Å². The van der Waals surface area contributed by atoms with Gasteiger partial charge in [-0.3, -0.25) is 32.9 Å². The Balaban J connectivity index is 0. The van der Waals surface area contributed by atoms with Gasteiger partial charge in [0, 0.05) is 59.2 Å². The van der Waals surface area contributed by atoms with Crippen LogP contribution in [-0.4, -0.2) is 65.6 Å². The number of aryl methyl sites for hydroxylation is 3. The number of sulfone groups is 1. The topological polar surface area (TPSA) is 198 Å². The summed E-state index contributed by atoms with van der Waals surface area (Å²) in [5.74, 6) is 1.82. The summed E-state index contributed by atoms with van der Waals surface area (Å²) < 4.78 is 112. The normalized spacial score (nSPS) is 9.88. The lowest BCUT2D eigenvalue weighted by Gasteiger charge is -2.10. The molecule has 0 bridgehead atoms. The number of nitrogens with one attached hydrogen (secondary N) is 1. The van der Waals surface area contributed by atoms with Gasteiger partial charge in [-0.2, -0.15) is 0 Å². The van der Waals surface area contributed by atoms with Crippen LogP contribution in [0.1, 0.15) is 47.1 Å². The number of thiazole rings is 3. The van der Waals surface area contributed by atoms with Crippen LogP contribution in [0.25, 0.3) is 32.1 Å². The molecule has 420 valence electrons. The smallest absolute Gasteiger partial charge is 0.277 e. The highest BCUT2D eigenvalue weighted by Crippen LogP contribution is 2.33. The van der Waals surface area contributed by atoms with E-state index in [4.69, 9.17) is 51.5 Å². The molecule has 0 aliphatic rings. The molecule has 5 aromatic heterocycles. The van der Waals surface area contributed by atoms with Crippen molar-refractivity contribution in [1.82, 2.24) is 34.1 Å². The van der Waals surface area contributed by atoms with Crippen molar-refractivity contribution in [3.05, 3.63) is 123 Å². The average Bonchev–Trinajstić information content (AvgIpc) is 4.15. The molecular formula is C41H40Br3F12N9O5S6. The second-order valence-electron chi connectivity index (χ2n) is 13.3. The summed E-state index contributed by atoms with van der Waals surface area (Å²) in [4.78, 5) is 59.3. The van der Waals surface area contributed by atoms with Crippen molar-refractivity contribution in [2.24, 2.45) is 0 Å². The highest BCUT2D eigenvalue weighted by atomic mass is 79.9. The van der Waals surface area contributed by atoms with Crippen LogP contribution in [0.2, 0.25) is 0 Å². The molecule has 0 unspecified atom stereocenters. The summed E-state index contributed by atoms with van der Waals surface area (Å²) in [5.41, 5.74) is 11.3. The number of nitrogens with two attached hydrogens (primary N) is 1. The first-order valence-electron chi connectivity index (χ1n) is 19.8. The number of hydrogen-bond donors (Lipinski definition) is 2. The Morgan fingerprint density at radius 3 is 1.46 bits per heavy atom. The van der Waals surface area contributed by atoms with Crippen LogP contribution in [0.15, 0.2) is 103 Å². The molecule has 0 radical (unpaired) electrons. The molecule has 8 rings (SSSR count). The van der Waals surface area contributed by atoms with E-state index >= 15 is 0 Å². The van der Waals surface area contributed by atoms with Gasteiger partial charge in [0.25, 0.3) is 17.0 Å². The van der Waals surface area contributed by atoms with Crippen molar-refractivity contribution < 1.29 is 68.4 Å². The molecule has 0 aliphatic carbocycles. The van der Waals surface area contributed by atoms with Gasteiger partial charge in [0.2, 0.25) is 14.2 Å². The van der Waals surface area contributed by atoms with Gasteiger partial charge >= 0.3 is 0 Å². The Hall–Kier alpha value is -4.65. The standard InChI is InChI=1S/C14H12BrN3O3S2.C14H12BrN3OS2.C13H14BrN3OS2.5F2.2FH/c1-3-23(20,21)14-17-12-11(22-14)13(19)18(7-16-12)10-8(2)5-4-6-9(10)15;1-3-20-14-17-12-11(21-14)13(19)18(7-16-12)10-8(2)5-4-6-9(10)15;1-3-19-13-17-11(15)10(20-13)12(18)16-9-7(2)5-4-6-8(9)14;5*1-2;;/h4-7H,3H2,1-2H3;4-7H,3H2,1-2H3;4-6H,3,15H2,1-2H3,(H,16,18);;;;;;2*1H. The number of para-hydroxylation sites is 3. The summed E-state index contributed by atoms with van der Waals surface area (Å²) in [7, 11) is -3.46. The molecular weight excluding hydrogens is 1360 g/mol. The number of rotatable bonds is 10. The molecule has 0 saturated heterocycles. The van der Waals surface area contributed by atoms with Crippen LogP contribution in [0.4, 0.5) is 66.7 Å². The van der Waals surface area contributed by atoms with E-state index in [1.807, 2.05) is 82.3 Å². The lowest BCUT2D eigenvalue weighted by atomic mass is 10.2. The zero-order valence-corrected chi connectivity index (χ0v) is 49.1. The highest BCUT2D eigenvalue weighted by Gasteiger charge is 2.22. The number of carbonyl (C=O) groups is 1. The lowest BCUT2D eigenvalue weighted by Crippen LogP contribution is -2.19. The van der Waals surface area contributed by atoms with Crippen molar-refractivity contribution in [3.63, 3.8) is 0 Å².